The normalized spacial score (nSPS) is 17.0. The molecule has 1 aromatic heterocycles. The van der Waals surface area contributed by atoms with Crippen molar-refractivity contribution in [3.63, 3.8) is 0 Å². The Morgan fingerprint density at radius 2 is 2.20 bits per heavy atom. The first-order valence-corrected chi connectivity index (χ1v) is 10.1. The number of amides is 1. The largest absolute Gasteiger partial charge is 0.496 e. The molecule has 1 amide bonds. The van der Waals surface area contributed by atoms with E-state index in [4.69, 9.17) is 9.88 Å². The maximum atomic E-state index is 12.6. The molecular weight excluding hydrogens is 362 g/mol. The fraction of sp³-hybridized carbons (Fsp3) is 0.375. The summed E-state index contributed by atoms with van der Waals surface area (Å²) < 4.78 is 28.2. The zero-order valence-corrected chi connectivity index (χ0v) is 15.5. The second kappa shape index (κ2) is 6.74. The van der Waals surface area contributed by atoms with Crippen molar-refractivity contribution in [3.05, 3.63) is 34.3 Å². The van der Waals surface area contributed by atoms with E-state index >= 15 is 0 Å². The predicted molar refractivity (Wildman–Crippen MR) is 95.6 cm³/mol. The van der Waals surface area contributed by atoms with Crippen molar-refractivity contribution in [1.82, 2.24) is 4.98 Å². The molecule has 0 spiro atoms. The number of fused-ring (bicyclic) bond motifs is 1. The lowest BCUT2D eigenvalue weighted by Gasteiger charge is -2.15. The van der Waals surface area contributed by atoms with Gasteiger partial charge < -0.3 is 4.74 Å². The lowest BCUT2D eigenvalue weighted by Crippen LogP contribution is -2.16. The predicted octanol–water partition coefficient (Wildman–Crippen LogP) is 2.18. The van der Waals surface area contributed by atoms with Crippen molar-refractivity contribution in [2.45, 2.75) is 31.1 Å². The molecule has 1 aliphatic carbocycles. The quantitative estimate of drug-likeness (QED) is 0.843. The van der Waals surface area contributed by atoms with Crippen LogP contribution >= 0.6 is 11.3 Å². The highest BCUT2D eigenvalue weighted by molar-refractivity contribution is 7.89. The smallest absolute Gasteiger partial charge is 0.261 e. The summed E-state index contributed by atoms with van der Waals surface area (Å²) in [5.41, 5.74) is 1.12. The van der Waals surface area contributed by atoms with Crippen molar-refractivity contribution in [2.75, 3.05) is 12.4 Å². The van der Waals surface area contributed by atoms with Crippen LogP contribution in [0.1, 0.15) is 34.3 Å². The van der Waals surface area contributed by atoms with E-state index in [0.717, 1.165) is 25.0 Å². The minimum atomic E-state index is -3.91. The summed E-state index contributed by atoms with van der Waals surface area (Å²) in [6.45, 7) is 2.20. The van der Waals surface area contributed by atoms with E-state index in [1.165, 1.54) is 41.5 Å². The highest BCUT2D eigenvalue weighted by Gasteiger charge is 2.22. The Morgan fingerprint density at radius 1 is 1.44 bits per heavy atom. The molecule has 1 aromatic carbocycles. The molecule has 0 bridgehead atoms. The van der Waals surface area contributed by atoms with Gasteiger partial charge in [0.25, 0.3) is 5.91 Å². The molecule has 1 atom stereocenters. The molecule has 9 heteroatoms. The molecule has 0 saturated carbocycles. The lowest BCUT2D eigenvalue weighted by atomic mass is 9.93. The minimum Gasteiger partial charge on any atom is -0.496 e. The van der Waals surface area contributed by atoms with E-state index in [-0.39, 0.29) is 16.2 Å². The summed E-state index contributed by atoms with van der Waals surface area (Å²) in [4.78, 5) is 18.1. The van der Waals surface area contributed by atoms with Crippen molar-refractivity contribution in [2.24, 2.45) is 11.1 Å². The van der Waals surface area contributed by atoms with E-state index in [2.05, 4.69) is 17.2 Å². The molecule has 2 aromatic rings. The standard InChI is InChI=1S/C16H19N3O4S2/c1-9-3-5-12-14(7-9)24-16(18-12)19-15(20)11-8-10(25(17,21)22)4-6-13(11)23-2/h4,6,8-9H,3,5,7H2,1-2H3,(H2,17,21,22)(H,18,19,20). The van der Waals surface area contributed by atoms with Crippen molar-refractivity contribution < 1.29 is 17.9 Å². The van der Waals surface area contributed by atoms with Crippen molar-refractivity contribution in [3.8, 4) is 5.75 Å². The van der Waals surface area contributed by atoms with E-state index in [9.17, 15) is 13.2 Å². The van der Waals surface area contributed by atoms with Crippen LogP contribution in [0.25, 0.3) is 0 Å². The maximum absolute atomic E-state index is 12.6. The number of carbonyl (C=O) groups excluding carboxylic acids is 1. The third-order valence-corrected chi connectivity index (χ3v) is 6.10. The number of sulfonamides is 1. The molecule has 25 heavy (non-hydrogen) atoms. The van der Waals surface area contributed by atoms with Crippen LogP contribution in [0.3, 0.4) is 0 Å². The average molecular weight is 381 g/mol. The number of hydrogen-bond donors (Lipinski definition) is 2. The Kier molecular flexibility index (Phi) is 4.81. The van der Waals surface area contributed by atoms with E-state index in [0.29, 0.717) is 11.0 Å². The van der Waals surface area contributed by atoms with Gasteiger partial charge in [0.2, 0.25) is 10.0 Å². The number of nitrogens with one attached hydrogen (secondary N) is 1. The second-order valence-corrected chi connectivity index (χ2v) is 8.74. The van der Waals surface area contributed by atoms with Gasteiger partial charge in [-0.1, -0.05) is 6.92 Å². The van der Waals surface area contributed by atoms with Gasteiger partial charge in [0.05, 0.1) is 23.3 Å². The van der Waals surface area contributed by atoms with Crippen molar-refractivity contribution >= 4 is 32.4 Å². The highest BCUT2D eigenvalue weighted by Crippen LogP contribution is 2.32. The van der Waals surface area contributed by atoms with Crippen LogP contribution in [-0.4, -0.2) is 26.4 Å². The fourth-order valence-corrected chi connectivity index (χ4v) is 4.51. The molecule has 0 fully saturated rings. The summed E-state index contributed by atoms with van der Waals surface area (Å²) in [6, 6.07) is 3.91. The van der Waals surface area contributed by atoms with Gasteiger partial charge >= 0.3 is 0 Å². The van der Waals surface area contributed by atoms with Crippen molar-refractivity contribution in [1.29, 1.82) is 0 Å². The van der Waals surface area contributed by atoms with Gasteiger partial charge in [-0.05, 0) is 43.4 Å². The molecular formula is C16H19N3O4S2. The van der Waals surface area contributed by atoms with Crippen LogP contribution in [-0.2, 0) is 22.9 Å². The van der Waals surface area contributed by atoms with Gasteiger partial charge in [-0.15, -0.1) is 11.3 Å². The number of nitrogens with zero attached hydrogens (tertiary/aromatic N) is 1. The molecule has 134 valence electrons. The fourth-order valence-electron chi connectivity index (χ4n) is 2.80. The van der Waals surface area contributed by atoms with Gasteiger partial charge in [-0.2, -0.15) is 0 Å². The first kappa shape index (κ1) is 17.8. The van der Waals surface area contributed by atoms with Crippen LogP contribution in [0.5, 0.6) is 5.75 Å². The highest BCUT2D eigenvalue weighted by atomic mass is 32.2. The number of carbonyl (C=O) groups is 1. The third-order valence-electron chi connectivity index (χ3n) is 4.15. The molecule has 0 aliphatic heterocycles. The summed E-state index contributed by atoms with van der Waals surface area (Å²) in [5, 5.41) is 8.38. The summed E-state index contributed by atoms with van der Waals surface area (Å²) in [7, 11) is -2.50. The minimum absolute atomic E-state index is 0.0931. The number of anilines is 1. The molecule has 1 heterocycles. The number of nitrogens with two attached hydrogens (primary N) is 1. The van der Waals surface area contributed by atoms with Crippen LogP contribution < -0.4 is 15.2 Å². The monoisotopic (exact) mass is 381 g/mol. The Hall–Kier alpha value is -1.97. The van der Waals surface area contributed by atoms with Crippen LogP contribution in [0.4, 0.5) is 5.13 Å². The number of rotatable bonds is 4. The summed E-state index contributed by atoms with van der Waals surface area (Å²) in [6.07, 6.45) is 2.97. The zero-order valence-electron chi connectivity index (χ0n) is 13.9. The number of aryl methyl sites for hydroxylation is 1. The van der Waals surface area contributed by atoms with Gasteiger partial charge in [0, 0.05) is 4.88 Å². The second-order valence-electron chi connectivity index (χ2n) is 6.10. The number of methoxy groups -OCH3 is 1. The Balaban J connectivity index is 1.88. The molecule has 0 saturated heterocycles. The van der Waals surface area contributed by atoms with Gasteiger partial charge in [0.1, 0.15) is 5.75 Å². The third kappa shape index (κ3) is 3.83. The SMILES string of the molecule is COc1ccc(S(N)(=O)=O)cc1C(=O)Nc1nc2c(s1)CC(C)CC2. The van der Waals surface area contributed by atoms with Gasteiger partial charge in [-0.3, -0.25) is 10.1 Å². The molecule has 1 aliphatic rings. The van der Waals surface area contributed by atoms with Crippen LogP contribution in [0.2, 0.25) is 0 Å². The molecule has 0 radical (unpaired) electrons. The Labute approximate surface area is 150 Å². The number of ether oxygens (including phenoxy) is 1. The van der Waals surface area contributed by atoms with E-state index in [1.54, 1.807) is 0 Å². The number of benzene rings is 1. The van der Waals surface area contributed by atoms with E-state index < -0.39 is 15.9 Å². The Bertz CT molecular complexity index is 921. The molecule has 1 unspecified atom stereocenters. The number of hydrogen-bond acceptors (Lipinski definition) is 6. The molecule has 7 nitrogen and oxygen atoms in total. The maximum Gasteiger partial charge on any atom is 0.261 e. The zero-order chi connectivity index (χ0) is 18.2. The lowest BCUT2D eigenvalue weighted by molar-refractivity contribution is 0.102. The van der Waals surface area contributed by atoms with Crippen LogP contribution in [0.15, 0.2) is 23.1 Å². The molecule has 3 rings (SSSR count). The number of aromatic nitrogens is 1. The van der Waals surface area contributed by atoms with Gasteiger partial charge in [-0.25, -0.2) is 18.5 Å². The number of primary sulfonamides is 1. The average Bonchev–Trinajstić information content (AvgIpc) is 2.94. The Morgan fingerprint density at radius 3 is 2.88 bits per heavy atom. The van der Waals surface area contributed by atoms with E-state index in [1.807, 2.05) is 0 Å². The first-order valence-electron chi connectivity index (χ1n) is 7.78. The topological polar surface area (TPSA) is 111 Å². The summed E-state index contributed by atoms with van der Waals surface area (Å²) in [5.74, 6) is 0.393. The molecule has 3 N–H and O–H groups in total. The number of thiazole rings is 1. The summed E-state index contributed by atoms with van der Waals surface area (Å²) >= 11 is 1.46. The first-order chi connectivity index (χ1) is 11.8. The van der Waals surface area contributed by atoms with Gasteiger partial charge in [0.15, 0.2) is 5.13 Å². The van der Waals surface area contributed by atoms with Crippen LogP contribution in [0, 0.1) is 5.92 Å².